The maximum atomic E-state index is 13.7. The fourth-order valence-corrected chi connectivity index (χ4v) is 5.96. The number of ether oxygens (including phenoxy) is 2. The summed E-state index contributed by atoms with van der Waals surface area (Å²) in [4.78, 5) is 14.9. The minimum Gasteiger partial charge on any atom is -0.465 e. The number of esters is 1. The first-order valence-electron chi connectivity index (χ1n) is 11.2. The summed E-state index contributed by atoms with van der Waals surface area (Å²) >= 11 is 0. The molecule has 1 aliphatic rings. The molecule has 0 atom stereocenters. The summed E-state index contributed by atoms with van der Waals surface area (Å²) in [7, 11) is -4.00. The first-order valence-corrected chi connectivity index (χ1v) is 12.7. The molecule has 2 aromatic carbocycles. The minimum atomic E-state index is -4.00. The summed E-state index contributed by atoms with van der Waals surface area (Å²) in [6.07, 6.45) is 5.66. The van der Waals surface area contributed by atoms with Gasteiger partial charge >= 0.3 is 5.97 Å². The van der Waals surface area contributed by atoms with Gasteiger partial charge in [0, 0.05) is 13.1 Å². The van der Waals surface area contributed by atoms with Crippen molar-refractivity contribution in [2.75, 3.05) is 26.2 Å². The van der Waals surface area contributed by atoms with E-state index in [1.54, 1.807) is 19.1 Å². The SMILES string of the molecule is C#CCN1CCC(C(=O)OCC)(S(=O)(=O)c2ccc(Oc3ccc(C(C)C)cc3)cc2)CC1. The van der Waals surface area contributed by atoms with Crippen molar-refractivity contribution in [2.24, 2.45) is 0 Å². The van der Waals surface area contributed by atoms with Crippen LogP contribution in [0.5, 0.6) is 11.5 Å². The first kappa shape index (κ1) is 24.8. The summed E-state index contributed by atoms with van der Waals surface area (Å²) < 4.78 is 36.8. The number of carbonyl (C=O) groups excluding carboxylic acids is 1. The number of terminal acetylenes is 1. The van der Waals surface area contributed by atoms with Gasteiger partial charge in [0.1, 0.15) is 11.5 Å². The van der Waals surface area contributed by atoms with Crippen LogP contribution in [-0.2, 0) is 19.4 Å². The maximum Gasteiger partial charge on any atom is 0.327 e. The van der Waals surface area contributed by atoms with Crippen LogP contribution in [0, 0.1) is 12.3 Å². The fraction of sp³-hybridized carbons (Fsp3) is 0.423. The Labute approximate surface area is 196 Å². The van der Waals surface area contributed by atoms with E-state index in [0.717, 1.165) is 0 Å². The van der Waals surface area contributed by atoms with E-state index in [-0.39, 0.29) is 24.3 Å². The van der Waals surface area contributed by atoms with Crippen molar-refractivity contribution < 1.29 is 22.7 Å². The van der Waals surface area contributed by atoms with Gasteiger partial charge < -0.3 is 9.47 Å². The smallest absolute Gasteiger partial charge is 0.327 e. The molecule has 1 saturated heterocycles. The van der Waals surface area contributed by atoms with E-state index in [9.17, 15) is 13.2 Å². The van der Waals surface area contributed by atoms with Gasteiger partial charge in [-0.3, -0.25) is 9.69 Å². The lowest BCUT2D eigenvalue weighted by Gasteiger charge is -2.38. The lowest BCUT2D eigenvalue weighted by Crippen LogP contribution is -2.55. The average Bonchev–Trinajstić information content (AvgIpc) is 2.80. The quantitative estimate of drug-likeness (QED) is 0.421. The van der Waals surface area contributed by atoms with E-state index in [1.165, 1.54) is 17.7 Å². The molecule has 0 unspecified atom stereocenters. The molecule has 0 amide bonds. The van der Waals surface area contributed by atoms with Gasteiger partial charge in [-0.1, -0.05) is 31.9 Å². The topological polar surface area (TPSA) is 72.9 Å². The van der Waals surface area contributed by atoms with Gasteiger partial charge in [-0.25, -0.2) is 8.42 Å². The lowest BCUT2D eigenvalue weighted by atomic mass is 9.95. The predicted molar refractivity (Wildman–Crippen MR) is 128 cm³/mol. The summed E-state index contributed by atoms with van der Waals surface area (Å²) in [6.45, 7) is 7.28. The molecule has 0 radical (unpaired) electrons. The number of rotatable bonds is 8. The summed E-state index contributed by atoms with van der Waals surface area (Å²) in [5.74, 6) is 3.48. The Hall–Kier alpha value is -2.82. The average molecular weight is 470 g/mol. The molecule has 0 N–H and O–H groups in total. The molecule has 0 spiro atoms. The third-order valence-corrected chi connectivity index (χ3v) is 8.55. The molecular weight excluding hydrogens is 438 g/mol. The molecule has 33 heavy (non-hydrogen) atoms. The molecule has 0 aromatic heterocycles. The van der Waals surface area contributed by atoms with Crippen molar-refractivity contribution in [1.82, 2.24) is 4.90 Å². The number of nitrogens with zero attached hydrogens (tertiary/aromatic N) is 1. The standard InChI is InChI=1S/C26H31NO5S/c1-5-17-27-18-15-26(16-19-27,25(28)31-6-2)33(29,30)24-13-11-23(12-14-24)32-22-9-7-21(8-10-22)20(3)4/h1,7-14,20H,6,15-19H2,2-4H3. The molecule has 6 nitrogen and oxygen atoms in total. The number of hydrogen-bond acceptors (Lipinski definition) is 6. The zero-order valence-corrected chi connectivity index (χ0v) is 20.2. The minimum absolute atomic E-state index is 0.0726. The first-order chi connectivity index (χ1) is 15.7. The van der Waals surface area contributed by atoms with Crippen LogP contribution in [-0.4, -0.2) is 50.3 Å². The highest BCUT2D eigenvalue weighted by Crippen LogP contribution is 2.37. The highest BCUT2D eigenvalue weighted by atomic mass is 32.2. The zero-order valence-electron chi connectivity index (χ0n) is 19.4. The molecule has 176 valence electrons. The highest BCUT2D eigenvalue weighted by molar-refractivity contribution is 7.93. The number of likely N-dealkylation sites (tertiary alicyclic amines) is 1. The van der Waals surface area contributed by atoms with Crippen molar-refractivity contribution in [3.8, 4) is 23.8 Å². The normalized spacial score (nSPS) is 16.2. The number of carbonyl (C=O) groups is 1. The Morgan fingerprint density at radius 1 is 1.06 bits per heavy atom. The maximum absolute atomic E-state index is 13.7. The summed E-state index contributed by atoms with van der Waals surface area (Å²) in [5, 5.41) is 0. The van der Waals surface area contributed by atoms with E-state index in [4.69, 9.17) is 15.9 Å². The molecule has 7 heteroatoms. The van der Waals surface area contributed by atoms with Gasteiger partial charge in [0.25, 0.3) is 0 Å². The third-order valence-electron chi connectivity index (χ3n) is 6.06. The summed E-state index contributed by atoms with van der Waals surface area (Å²) in [5.41, 5.74) is 1.21. The van der Waals surface area contributed by atoms with Crippen LogP contribution in [0.1, 0.15) is 45.1 Å². The van der Waals surface area contributed by atoms with Gasteiger partial charge in [-0.2, -0.15) is 0 Å². The molecule has 1 aliphatic heterocycles. The van der Waals surface area contributed by atoms with Crippen molar-refractivity contribution in [3.63, 3.8) is 0 Å². The van der Waals surface area contributed by atoms with Gasteiger partial charge in [0.05, 0.1) is 18.0 Å². The van der Waals surface area contributed by atoms with Crippen molar-refractivity contribution in [3.05, 3.63) is 54.1 Å². The van der Waals surface area contributed by atoms with E-state index in [2.05, 4.69) is 19.8 Å². The van der Waals surface area contributed by atoms with Crippen LogP contribution >= 0.6 is 0 Å². The van der Waals surface area contributed by atoms with E-state index >= 15 is 0 Å². The van der Waals surface area contributed by atoms with Crippen molar-refractivity contribution in [2.45, 2.75) is 49.2 Å². The number of hydrogen-bond donors (Lipinski definition) is 0. The van der Waals surface area contributed by atoms with Gasteiger partial charge in [0.2, 0.25) is 0 Å². The molecule has 2 aromatic rings. The monoisotopic (exact) mass is 469 g/mol. The van der Waals surface area contributed by atoms with E-state index < -0.39 is 20.6 Å². The van der Waals surface area contributed by atoms with Gasteiger partial charge in [-0.15, -0.1) is 6.42 Å². The Kier molecular flexibility index (Phi) is 7.83. The molecule has 0 aliphatic carbocycles. The van der Waals surface area contributed by atoms with Crippen LogP contribution in [0.2, 0.25) is 0 Å². The van der Waals surface area contributed by atoms with Crippen LogP contribution in [0.3, 0.4) is 0 Å². The largest absolute Gasteiger partial charge is 0.465 e. The van der Waals surface area contributed by atoms with E-state index in [0.29, 0.717) is 37.1 Å². The zero-order chi connectivity index (χ0) is 24.1. The second kappa shape index (κ2) is 10.4. The number of piperidine rings is 1. The Morgan fingerprint density at radius 3 is 2.09 bits per heavy atom. The molecule has 1 fully saturated rings. The lowest BCUT2D eigenvalue weighted by molar-refractivity contribution is -0.147. The van der Waals surface area contributed by atoms with Gasteiger partial charge in [-0.05, 0) is 67.6 Å². The Morgan fingerprint density at radius 2 is 1.61 bits per heavy atom. The third kappa shape index (κ3) is 5.23. The molecule has 0 bridgehead atoms. The summed E-state index contributed by atoms with van der Waals surface area (Å²) in [6, 6.07) is 14.0. The Balaban J connectivity index is 1.83. The van der Waals surface area contributed by atoms with Gasteiger partial charge in [0.15, 0.2) is 14.6 Å². The van der Waals surface area contributed by atoms with Crippen LogP contribution in [0.15, 0.2) is 53.4 Å². The molecule has 3 rings (SSSR count). The predicted octanol–water partition coefficient (Wildman–Crippen LogP) is 4.41. The van der Waals surface area contributed by atoms with Crippen molar-refractivity contribution in [1.29, 1.82) is 0 Å². The second-order valence-electron chi connectivity index (χ2n) is 8.50. The number of sulfone groups is 1. The van der Waals surface area contributed by atoms with Crippen molar-refractivity contribution >= 4 is 15.8 Å². The van der Waals surface area contributed by atoms with E-state index in [1.807, 2.05) is 29.2 Å². The molecule has 0 saturated carbocycles. The van der Waals surface area contributed by atoms with Crippen LogP contribution in [0.25, 0.3) is 0 Å². The Bertz CT molecular complexity index is 1090. The second-order valence-corrected chi connectivity index (χ2v) is 10.8. The van der Waals surface area contributed by atoms with Crippen LogP contribution < -0.4 is 4.74 Å². The fourth-order valence-electron chi connectivity index (χ4n) is 4.02. The number of benzene rings is 2. The molecule has 1 heterocycles. The van der Waals surface area contributed by atoms with Crippen LogP contribution in [0.4, 0.5) is 0 Å². The highest BCUT2D eigenvalue weighted by Gasteiger charge is 2.54. The molecular formula is C26H31NO5S.